The van der Waals surface area contributed by atoms with E-state index in [1.165, 1.54) is 46.9 Å². The van der Waals surface area contributed by atoms with Gasteiger partial charge in [-0.25, -0.2) is 0 Å². The molecule has 0 radical (unpaired) electrons. The van der Waals surface area contributed by atoms with Crippen LogP contribution in [0.25, 0.3) is 41.3 Å². The number of fused-ring (bicyclic) bond motifs is 4. The first-order valence-corrected chi connectivity index (χ1v) is 20.0. The van der Waals surface area contributed by atoms with Crippen molar-refractivity contribution in [1.82, 2.24) is 4.98 Å². The minimum absolute atomic E-state index is 0.0789. The number of nitrogens with zero attached hydrogens (tertiary/aromatic N) is 1. The first-order valence-electron chi connectivity index (χ1n) is 11.0. The quantitative estimate of drug-likeness (QED) is 0.222. The Labute approximate surface area is 193 Å². The molecule has 0 aliphatic heterocycles. The van der Waals surface area contributed by atoms with Gasteiger partial charge in [0.15, 0.2) is 0 Å². The first kappa shape index (κ1) is 21.0. The Kier molecular flexibility index (Phi) is 4.97. The van der Waals surface area contributed by atoms with Gasteiger partial charge >= 0.3 is 194 Å². The van der Waals surface area contributed by atoms with E-state index in [0.29, 0.717) is 14.5 Å². The van der Waals surface area contributed by atoms with Crippen LogP contribution in [0.2, 0.25) is 17.3 Å². The molecule has 156 valence electrons. The molecule has 0 fully saturated rings. The van der Waals surface area contributed by atoms with Crippen molar-refractivity contribution in [2.24, 2.45) is 0 Å². The Morgan fingerprint density at radius 3 is 2.32 bits per heavy atom. The summed E-state index contributed by atoms with van der Waals surface area (Å²) in [4.78, 5) is 4.93. The van der Waals surface area contributed by atoms with Gasteiger partial charge in [-0.3, -0.25) is 0 Å². The van der Waals surface area contributed by atoms with Crippen LogP contribution in [0, 0.1) is 0 Å². The zero-order chi connectivity index (χ0) is 22.0. The van der Waals surface area contributed by atoms with Crippen molar-refractivity contribution in [3.05, 3.63) is 72.4 Å². The Morgan fingerprint density at radius 1 is 0.806 bits per heavy atom. The monoisotopic (exact) mass is 533 g/mol. The predicted molar refractivity (Wildman–Crippen MR) is 141 cm³/mol. The van der Waals surface area contributed by atoms with E-state index >= 15 is 0 Å². The van der Waals surface area contributed by atoms with E-state index in [1.54, 1.807) is 4.40 Å². The molecule has 0 saturated heterocycles. The summed E-state index contributed by atoms with van der Waals surface area (Å²) in [5.41, 5.74) is 3.90. The summed E-state index contributed by atoms with van der Waals surface area (Å²) in [6.07, 6.45) is 2.00. The van der Waals surface area contributed by atoms with Gasteiger partial charge in [0.25, 0.3) is 0 Å². The van der Waals surface area contributed by atoms with Crippen LogP contribution >= 0.6 is 0 Å². The summed E-state index contributed by atoms with van der Waals surface area (Å²) in [7, 11) is 0. The van der Waals surface area contributed by atoms with Gasteiger partial charge in [0.2, 0.25) is 0 Å². The molecule has 0 saturated carbocycles. The topological polar surface area (TPSA) is 12.9 Å². The molecule has 0 bridgehead atoms. The summed E-state index contributed by atoms with van der Waals surface area (Å²) in [5.74, 6) is 7.44. The Balaban J connectivity index is 1.80. The van der Waals surface area contributed by atoms with Crippen LogP contribution < -0.4 is 4.40 Å². The second kappa shape index (κ2) is 7.34. The van der Waals surface area contributed by atoms with Crippen molar-refractivity contribution >= 4 is 62.2 Å². The summed E-state index contributed by atoms with van der Waals surface area (Å²) in [5, 5.41) is 5.46. The van der Waals surface area contributed by atoms with Crippen molar-refractivity contribution in [3.63, 3.8) is 0 Å². The number of pyridine rings is 1. The van der Waals surface area contributed by atoms with Gasteiger partial charge in [-0.1, -0.05) is 0 Å². The van der Waals surface area contributed by atoms with Crippen molar-refractivity contribution in [1.29, 1.82) is 0 Å². The van der Waals surface area contributed by atoms with E-state index in [1.807, 2.05) is 6.20 Å². The molecule has 31 heavy (non-hydrogen) atoms. The van der Waals surface area contributed by atoms with Crippen LogP contribution in [-0.2, 0) is 5.41 Å². The van der Waals surface area contributed by atoms with Crippen molar-refractivity contribution in [2.45, 2.75) is 43.5 Å². The van der Waals surface area contributed by atoms with Gasteiger partial charge in [-0.2, -0.15) is 0 Å². The fraction of sp³-hybridized carbons (Fsp3) is 0.250. The van der Waals surface area contributed by atoms with Gasteiger partial charge in [0.05, 0.1) is 0 Å². The van der Waals surface area contributed by atoms with Crippen LogP contribution in [0.1, 0.15) is 26.3 Å². The standard InChI is InChI=1S/C28H29GeNSe/c1-28(2,3)24-16-19(15-18-9-7-8-10-21(18)24)26-27-23(13-14-30-26)22-12-11-20(29(4,5)6)17-25(22)31-27/h7-17H,1-6H3. The molecule has 0 amide bonds. The zero-order valence-corrected chi connectivity index (χ0v) is 23.0. The summed E-state index contributed by atoms with van der Waals surface area (Å²) in [6.45, 7) is 6.92. The zero-order valence-electron chi connectivity index (χ0n) is 19.2. The van der Waals surface area contributed by atoms with E-state index in [9.17, 15) is 0 Å². The summed E-state index contributed by atoms with van der Waals surface area (Å²) >= 11 is -1.55. The van der Waals surface area contributed by atoms with Gasteiger partial charge in [-0.15, -0.1) is 0 Å². The average molecular weight is 531 g/mol. The van der Waals surface area contributed by atoms with Crippen LogP contribution in [0.5, 0.6) is 0 Å². The molecule has 3 aromatic carbocycles. The third kappa shape index (κ3) is 3.69. The van der Waals surface area contributed by atoms with E-state index in [0.717, 1.165) is 0 Å². The maximum atomic E-state index is 4.93. The Bertz CT molecular complexity index is 1450. The molecule has 5 aromatic rings. The SMILES string of the molecule is CC(C)(C)c1cc(-c2nccc3c2[se]c2c[c]([Ge]([CH3])([CH3])[CH3])ccc23)cc2ccccc12. The number of benzene rings is 3. The van der Waals surface area contributed by atoms with Crippen LogP contribution in [0.3, 0.4) is 0 Å². The molecule has 0 N–H and O–H groups in total. The molecule has 3 heteroatoms. The van der Waals surface area contributed by atoms with Crippen molar-refractivity contribution in [3.8, 4) is 11.3 Å². The van der Waals surface area contributed by atoms with Crippen molar-refractivity contribution in [2.75, 3.05) is 0 Å². The maximum absolute atomic E-state index is 4.93. The molecule has 5 rings (SSSR count). The molecular weight excluding hydrogens is 502 g/mol. The van der Waals surface area contributed by atoms with E-state index in [-0.39, 0.29) is 5.41 Å². The van der Waals surface area contributed by atoms with Gasteiger partial charge in [-0.05, 0) is 0 Å². The second-order valence-electron chi connectivity index (χ2n) is 10.6. The number of rotatable bonds is 2. The van der Waals surface area contributed by atoms with Gasteiger partial charge in [0.1, 0.15) is 0 Å². The molecule has 2 heterocycles. The summed E-state index contributed by atoms with van der Waals surface area (Å²) < 4.78 is 4.58. The van der Waals surface area contributed by atoms with Crippen LogP contribution in [0.4, 0.5) is 0 Å². The molecule has 0 unspecified atom stereocenters. The van der Waals surface area contributed by atoms with E-state index < -0.39 is 13.3 Å². The molecule has 1 nitrogen and oxygen atoms in total. The second-order valence-corrected chi connectivity index (χ2v) is 23.5. The average Bonchev–Trinajstić information content (AvgIpc) is 3.09. The molecule has 0 spiro atoms. The van der Waals surface area contributed by atoms with Crippen LogP contribution in [0.15, 0.2) is 66.9 Å². The number of aromatic nitrogens is 1. The van der Waals surface area contributed by atoms with Crippen LogP contribution in [-0.4, -0.2) is 32.8 Å². The summed E-state index contributed by atoms with van der Waals surface area (Å²) in [6, 6.07) is 23.0. The first-order chi connectivity index (χ1) is 14.6. The fourth-order valence-corrected chi connectivity index (χ4v) is 9.99. The molecular formula is C28H29GeNSe. The Hall–Kier alpha value is -1.87. The normalized spacial score (nSPS) is 12.8. The third-order valence-electron chi connectivity index (χ3n) is 6.20. The molecule has 0 aliphatic carbocycles. The molecule has 0 aliphatic rings. The number of hydrogen-bond acceptors (Lipinski definition) is 1. The van der Waals surface area contributed by atoms with Crippen molar-refractivity contribution < 1.29 is 0 Å². The predicted octanol–water partition coefficient (Wildman–Crippen LogP) is 7.11. The Morgan fingerprint density at radius 2 is 1.58 bits per heavy atom. The minimum atomic E-state index is -1.84. The van der Waals surface area contributed by atoms with Gasteiger partial charge < -0.3 is 0 Å². The fourth-order valence-electron chi connectivity index (χ4n) is 4.44. The van der Waals surface area contributed by atoms with E-state index in [4.69, 9.17) is 4.98 Å². The molecule has 2 aromatic heterocycles. The van der Waals surface area contributed by atoms with E-state index in [2.05, 4.69) is 98.7 Å². The van der Waals surface area contributed by atoms with Gasteiger partial charge in [0, 0.05) is 0 Å². The third-order valence-corrected chi connectivity index (χ3v) is 12.9. The number of hydrogen-bond donors (Lipinski definition) is 0. The molecule has 0 atom stereocenters.